The van der Waals surface area contributed by atoms with Crippen molar-refractivity contribution in [1.29, 1.82) is 0 Å². The second-order valence-electron chi connectivity index (χ2n) is 4.46. The molecule has 2 aromatic heterocycles. The molecule has 0 atom stereocenters. The maximum atomic E-state index is 4.39. The average molecular weight is 408 g/mol. The number of rotatable bonds is 4. The predicted octanol–water partition coefficient (Wildman–Crippen LogP) is 4.40. The van der Waals surface area contributed by atoms with Gasteiger partial charge in [0.2, 0.25) is 0 Å². The highest BCUT2D eigenvalue weighted by atomic mass is 79.9. The Hall–Kier alpha value is -1.66. The largest absolute Gasteiger partial charge is 0.379 e. The van der Waals surface area contributed by atoms with Crippen LogP contribution in [-0.2, 0) is 6.54 Å². The molecule has 0 bridgehead atoms. The molecule has 21 heavy (non-hydrogen) atoms. The van der Waals surface area contributed by atoms with Crippen LogP contribution in [0.3, 0.4) is 0 Å². The average Bonchev–Trinajstić information content (AvgIpc) is 3.01. The van der Waals surface area contributed by atoms with Gasteiger partial charge in [0, 0.05) is 38.9 Å². The molecule has 3 aromatic rings. The van der Waals surface area contributed by atoms with E-state index in [1.807, 2.05) is 35.0 Å². The fourth-order valence-corrected chi connectivity index (χ4v) is 3.07. The van der Waals surface area contributed by atoms with Crippen molar-refractivity contribution in [2.24, 2.45) is 0 Å². The highest BCUT2D eigenvalue weighted by Crippen LogP contribution is 2.21. The van der Waals surface area contributed by atoms with E-state index in [-0.39, 0.29) is 0 Å². The van der Waals surface area contributed by atoms with E-state index >= 15 is 0 Å². The summed E-state index contributed by atoms with van der Waals surface area (Å²) in [5.74, 6) is 0. The number of nitrogens with one attached hydrogen (secondary N) is 1. The zero-order valence-corrected chi connectivity index (χ0v) is 14.2. The van der Waals surface area contributed by atoms with Crippen LogP contribution in [0, 0.1) is 0 Å². The third-order valence-electron chi connectivity index (χ3n) is 2.99. The van der Waals surface area contributed by atoms with E-state index in [2.05, 4.69) is 53.2 Å². The van der Waals surface area contributed by atoms with Gasteiger partial charge in [-0.05, 0) is 56.1 Å². The maximum Gasteiger partial charge on any atom is 0.0991 e. The minimum absolute atomic E-state index is 0.654. The Balaban J connectivity index is 1.75. The molecule has 0 aliphatic heterocycles. The summed E-state index contributed by atoms with van der Waals surface area (Å²) in [6, 6.07) is 10.2. The first-order valence-electron chi connectivity index (χ1n) is 6.34. The smallest absolute Gasteiger partial charge is 0.0991 e. The van der Waals surface area contributed by atoms with E-state index < -0.39 is 0 Å². The standard InChI is InChI=1S/C15H12Br2N4/c16-11-6-14(17)15(20-8-11)9-19-12-2-1-3-13(7-12)21-5-4-18-10-21/h1-8,10,19H,9H2. The lowest BCUT2D eigenvalue weighted by atomic mass is 10.2. The normalized spacial score (nSPS) is 10.6. The van der Waals surface area contributed by atoms with E-state index in [1.54, 1.807) is 18.7 Å². The summed E-state index contributed by atoms with van der Waals surface area (Å²) in [5.41, 5.74) is 3.07. The lowest BCUT2D eigenvalue weighted by Gasteiger charge is -2.10. The molecule has 0 spiro atoms. The van der Waals surface area contributed by atoms with Crippen LogP contribution in [0.1, 0.15) is 5.69 Å². The number of benzene rings is 1. The van der Waals surface area contributed by atoms with Crippen molar-refractivity contribution in [3.63, 3.8) is 0 Å². The summed E-state index contributed by atoms with van der Waals surface area (Å²) in [6.45, 7) is 0.654. The molecule has 0 saturated heterocycles. The van der Waals surface area contributed by atoms with Crippen molar-refractivity contribution >= 4 is 37.5 Å². The van der Waals surface area contributed by atoms with Crippen LogP contribution in [0.25, 0.3) is 5.69 Å². The Morgan fingerprint density at radius 3 is 2.86 bits per heavy atom. The van der Waals surface area contributed by atoms with Crippen molar-refractivity contribution in [2.45, 2.75) is 6.54 Å². The van der Waals surface area contributed by atoms with Gasteiger partial charge in [-0.1, -0.05) is 6.07 Å². The molecule has 1 N–H and O–H groups in total. The highest BCUT2D eigenvalue weighted by Gasteiger charge is 2.03. The number of hydrogen-bond acceptors (Lipinski definition) is 3. The molecule has 0 amide bonds. The molecule has 3 rings (SSSR count). The van der Waals surface area contributed by atoms with E-state index in [0.717, 1.165) is 26.0 Å². The molecule has 0 unspecified atom stereocenters. The molecular weight excluding hydrogens is 396 g/mol. The molecule has 0 aliphatic carbocycles. The third-order valence-corrected chi connectivity index (χ3v) is 4.11. The molecule has 0 radical (unpaired) electrons. The molecule has 0 fully saturated rings. The number of imidazole rings is 1. The van der Waals surface area contributed by atoms with E-state index in [9.17, 15) is 0 Å². The van der Waals surface area contributed by atoms with Gasteiger partial charge in [-0.25, -0.2) is 4.98 Å². The molecule has 2 heterocycles. The van der Waals surface area contributed by atoms with Gasteiger partial charge in [0.05, 0.1) is 18.6 Å². The van der Waals surface area contributed by atoms with Crippen molar-refractivity contribution < 1.29 is 0 Å². The highest BCUT2D eigenvalue weighted by molar-refractivity contribution is 9.11. The minimum Gasteiger partial charge on any atom is -0.379 e. The van der Waals surface area contributed by atoms with Crippen LogP contribution in [0.4, 0.5) is 5.69 Å². The first-order chi connectivity index (χ1) is 10.2. The third kappa shape index (κ3) is 3.51. The predicted molar refractivity (Wildman–Crippen MR) is 90.5 cm³/mol. The van der Waals surface area contributed by atoms with Gasteiger partial charge >= 0.3 is 0 Å². The lowest BCUT2D eigenvalue weighted by Crippen LogP contribution is -2.03. The fourth-order valence-electron chi connectivity index (χ4n) is 1.95. The van der Waals surface area contributed by atoms with Crippen LogP contribution in [0.2, 0.25) is 0 Å². The van der Waals surface area contributed by atoms with Gasteiger partial charge in [-0.2, -0.15) is 0 Å². The first kappa shape index (κ1) is 14.3. The molecule has 106 valence electrons. The van der Waals surface area contributed by atoms with E-state index in [4.69, 9.17) is 0 Å². The van der Waals surface area contributed by atoms with E-state index in [1.165, 1.54) is 0 Å². The minimum atomic E-state index is 0.654. The molecule has 4 nitrogen and oxygen atoms in total. The number of pyridine rings is 1. The topological polar surface area (TPSA) is 42.7 Å². The summed E-state index contributed by atoms with van der Waals surface area (Å²) in [7, 11) is 0. The monoisotopic (exact) mass is 406 g/mol. The zero-order chi connectivity index (χ0) is 14.7. The summed E-state index contributed by atoms with van der Waals surface area (Å²) in [4.78, 5) is 8.46. The molecule has 0 aliphatic rings. The number of hydrogen-bond donors (Lipinski definition) is 1. The number of aromatic nitrogens is 3. The quantitative estimate of drug-likeness (QED) is 0.696. The van der Waals surface area contributed by atoms with Gasteiger partial charge in [-0.15, -0.1) is 0 Å². The molecule has 1 aromatic carbocycles. The van der Waals surface area contributed by atoms with Crippen LogP contribution in [-0.4, -0.2) is 14.5 Å². The Labute approximate surface area is 139 Å². The Morgan fingerprint density at radius 2 is 2.10 bits per heavy atom. The van der Waals surface area contributed by atoms with Crippen molar-refractivity contribution in [1.82, 2.24) is 14.5 Å². The zero-order valence-electron chi connectivity index (χ0n) is 11.0. The molecule has 6 heteroatoms. The van der Waals surface area contributed by atoms with Crippen molar-refractivity contribution in [3.05, 3.63) is 69.9 Å². The van der Waals surface area contributed by atoms with Crippen LogP contribution < -0.4 is 5.32 Å². The van der Waals surface area contributed by atoms with Gasteiger partial charge in [-0.3, -0.25) is 4.98 Å². The van der Waals surface area contributed by atoms with Gasteiger partial charge in [0.1, 0.15) is 0 Å². The maximum absolute atomic E-state index is 4.39. The molecular formula is C15H12Br2N4. The Bertz CT molecular complexity index is 741. The van der Waals surface area contributed by atoms with Gasteiger partial charge in [0.15, 0.2) is 0 Å². The van der Waals surface area contributed by atoms with Crippen molar-refractivity contribution in [2.75, 3.05) is 5.32 Å². The first-order valence-corrected chi connectivity index (χ1v) is 7.93. The number of anilines is 1. The van der Waals surface area contributed by atoms with Crippen LogP contribution >= 0.6 is 31.9 Å². The second-order valence-corrected chi connectivity index (χ2v) is 6.23. The SMILES string of the molecule is Brc1cnc(CNc2cccc(-n3ccnc3)c2)c(Br)c1. The van der Waals surface area contributed by atoms with Gasteiger partial charge < -0.3 is 9.88 Å². The van der Waals surface area contributed by atoms with Gasteiger partial charge in [0.25, 0.3) is 0 Å². The van der Waals surface area contributed by atoms with Crippen LogP contribution in [0.5, 0.6) is 0 Å². The summed E-state index contributed by atoms with van der Waals surface area (Å²) >= 11 is 6.92. The Morgan fingerprint density at radius 1 is 1.19 bits per heavy atom. The lowest BCUT2D eigenvalue weighted by molar-refractivity contribution is 1.02. The second kappa shape index (κ2) is 6.41. The summed E-state index contributed by atoms with van der Waals surface area (Å²) in [5, 5.41) is 3.38. The fraction of sp³-hybridized carbons (Fsp3) is 0.0667. The Kier molecular flexibility index (Phi) is 4.36. The number of halogens is 2. The molecule has 0 saturated carbocycles. The number of nitrogens with zero attached hydrogens (tertiary/aromatic N) is 3. The van der Waals surface area contributed by atoms with E-state index in [0.29, 0.717) is 6.54 Å². The summed E-state index contributed by atoms with van der Waals surface area (Å²) < 4.78 is 3.91. The summed E-state index contributed by atoms with van der Waals surface area (Å²) in [6.07, 6.45) is 7.27. The van der Waals surface area contributed by atoms with Crippen molar-refractivity contribution in [3.8, 4) is 5.69 Å². The van der Waals surface area contributed by atoms with Crippen LogP contribution in [0.15, 0.2) is 64.2 Å².